The van der Waals surface area contributed by atoms with Gasteiger partial charge in [0, 0.05) is 51.2 Å². The van der Waals surface area contributed by atoms with Gasteiger partial charge in [0.1, 0.15) is 5.60 Å². The fourth-order valence-corrected chi connectivity index (χ4v) is 2.14. The number of piperazine rings is 1. The van der Waals surface area contributed by atoms with E-state index in [4.69, 9.17) is 4.74 Å². The van der Waals surface area contributed by atoms with Crippen molar-refractivity contribution in [2.24, 2.45) is 0 Å². The summed E-state index contributed by atoms with van der Waals surface area (Å²) in [5, 5.41) is 3.30. The van der Waals surface area contributed by atoms with Gasteiger partial charge in [-0.05, 0) is 20.8 Å². The molecule has 1 saturated heterocycles. The normalized spacial score (nSPS) is 15.5. The summed E-state index contributed by atoms with van der Waals surface area (Å²) in [6.45, 7) is 9.71. The lowest BCUT2D eigenvalue weighted by Crippen LogP contribution is -2.44. The van der Waals surface area contributed by atoms with Crippen LogP contribution in [0.3, 0.4) is 0 Å². The lowest BCUT2D eigenvalue weighted by atomic mass is 10.2. The number of hydrogen-bond donors (Lipinski definition) is 1. The first-order valence-corrected chi connectivity index (χ1v) is 7.56. The van der Waals surface area contributed by atoms with Crippen LogP contribution in [0.2, 0.25) is 0 Å². The summed E-state index contributed by atoms with van der Waals surface area (Å²) in [4.78, 5) is 24.4. The zero-order valence-corrected chi connectivity index (χ0v) is 13.8. The molecule has 22 heavy (non-hydrogen) atoms. The number of anilines is 1. The van der Waals surface area contributed by atoms with E-state index in [-0.39, 0.29) is 6.09 Å². The van der Waals surface area contributed by atoms with Gasteiger partial charge in [-0.15, -0.1) is 0 Å². The molecule has 0 aromatic carbocycles. The minimum atomic E-state index is -0.492. The van der Waals surface area contributed by atoms with Crippen molar-refractivity contribution in [3.8, 4) is 0 Å². The number of rotatable bonds is 3. The fourth-order valence-electron chi connectivity index (χ4n) is 2.14. The van der Waals surface area contributed by atoms with E-state index in [2.05, 4.69) is 20.2 Å². The van der Waals surface area contributed by atoms with Crippen molar-refractivity contribution >= 4 is 12.0 Å². The highest BCUT2D eigenvalue weighted by atomic mass is 16.6. The zero-order valence-electron chi connectivity index (χ0n) is 13.8. The second-order valence-electron chi connectivity index (χ2n) is 6.46. The molecular formula is C15H25N5O2. The van der Waals surface area contributed by atoms with Crippen molar-refractivity contribution in [2.75, 3.05) is 38.1 Å². The largest absolute Gasteiger partial charge is 0.444 e. The number of amides is 1. The average Bonchev–Trinajstić information content (AvgIpc) is 2.47. The molecule has 2 heterocycles. The second-order valence-corrected chi connectivity index (χ2v) is 6.46. The van der Waals surface area contributed by atoms with Crippen LogP contribution >= 0.6 is 0 Å². The molecule has 1 aromatic heterocycles. The summed E-state index contributed by atoms with van der Waals surface area (Å²) < 4.78 is 5.32. The molecule has 122 valence electrons. The van der Waals surface area contributed by atoms with Crippen molar-refractivity contribution in [1.29, 1.82) is 0 Å². The highest BCUT2D eigenvalue weighted by Gasteiger charge is 2.20. The van der Waals surface area contributed by atoms with E-state index < -0.39 is 5.60 Å². The highest BCUT2D eigenvalue weighted by Crippen LogP contribution is 2.12. The Bertz CT molecular complexity index is 492. The van der Waals surface area contributed by atoms with Crippen LogP contribution in [0.25, 0.3) is 0 Å². The van der Waals surface area contributed by atoms with Crippen LogP contribution in [0, 0.1) is 0 Å². The Hall–Kier alpha value is -1.89. The monoisotopic (exact) mass is 307 g/mol. The molecule has 0 bridgehead atoms. The molecular weight excluding hydrogens is 282 g/mol. The Morgan fingerprint density at radius 2 is 1.91 bits per heavy atom. The summed E-state index contributed by atoms with van der Waals surface area (Å²) in [6, 6.07) is 0. The van der Waals surface area contributed by atoms with Crippen LogP contribution in [0.15, 0.2) is 12.4 Å². The van der Waals surface area contributed by atoms with Crippen molar-refractivity contribution in [2.45, 2.75) is 32.9 Å². The van der Waals surface area contributed by atoms with Gasteiger partial charge in [0.05, 0.1) is 6.54 Å². The number of nitrogens with one attached hydrogen (secondary N) is 1. The molecule has 0 aliphatic carbocycles. The molecule has 1 N–H and O–H groups in total. The molecule has 0 saturated carbocycles. The van der Waals surface area contributed by atoms with E-state index in [1.165, 1.54) is 4.90 Å². The second kappa shape index (κ2) is 6.91. The van der Waals surface area contributed by atoms with Crippen LogP contribution in [0.5, 0.6) is 0 Å². The smallest absolute Gasteiger partial charge is 0.410 e. The van der Waals surface area contributed by atoms with Crippen molar-refractivity contribution in [3.05, 3.63) is 18.0 Å². The van der Waals surface area contributed by atoms with Gasteiger partial charge in [-0.25, -0.2) is 14.8 Å². The predicted molar refractivity (Wildman–Crippen MR) is 84.8 cm³/mol. The Kier molecular flexibility index (Phi) is 5.18. The first kappa shape index (κ1) is 16.5. The quantitative estimate of drug-likeness (QED) is 0.906. The molecule has 0 radical (unpaired) electrons. The van der Waals surface area contributed by atoms with Crippen LogP contribution in [0.4, 0.5) is 10.7 Å². The predicted octanol–water partition coefficient (Wildman–Crippen LogP) is 1.25. The van der Waals surface area contributed by atoms with Gasteiger partial charge < -0.3 is 19.9 Å². The van der Waals surface area contributed by atoms with Crippen molar-refractivity contribution in [1.82, 2.24) is 20.2 Å². The fraction of sp³-hybridized carbons (Fsp3) is 0.667. The maximum Gasteiger partial charge on any atom is 0.410 e. The van der Waals surface area contributed by atoms with Crippen molar-refractivity contribution < 1.29 is 9.53 Å². The molecule has 7 heteroatoms. The number of aromatic nitrogens is 2. The first-order valence-electron chi connectivity index (χ1n) is 7.56. The lowest BCUT2D eigenvalue weighted by Gasteiger charge is -2.27. The van der Waals surface area contributed by atoms with Gasteiger partial charge in [0.2, 0.25) is 5.95 Å². The first-order chi connectivity index (χ1) is 10.3. The molecule has 1 fully saturated rings. The Morgan fingerprint density at radius 1 is 1.32 bits per heavy atom. The van der Waals surface area contributed by atoms with E-state index in [1.807, 2.05) is 20.8 Å². The number of carbonyl (C=O) groups is 1. The third kappa shape index (κ3) is 4.84. The van der Waals surface area contributed by atoms with Gasteiger partial charge in [0.25, 0.3) is 0 Å². The summed E-state index contributed by atoms with van der Waals surface area (Å²) >= 11 is 0. The lowest BCUT2D eigenvalue weighted by molar-refractivity contribution is 0.0285. The summed E-state index contributed by atoms with van der Waals surface area (Å²) in [6.07, 6.45) is 3.19. The SMILES string of the molecule is CN(Cc1cnc(N2CCNCC2)nc1)C(=O)OC(C)(C)C. The maximum atomic E-state index is 11.9. The van der Waals surface area contributed by atoms with Crippen LogP contribution in [-0.4, -0.2) is 59.8 Å². The minimum Gasteiger partial charge on any atom is -0.444 e. The molecule has 1 amide bonds. The number of carbonyl (C=O) groups excluding carboxylic acids is 1. The minimum absolute atomic E-state index is 0.348. The molecule has 1 aliphatic heterocycles. The Labute approximate surface area is 131 Å². The molecule has 2 rings (SSSR count). The van der Waals surface area contributed by atoms with Gasteiger partial charge in [-0.1, -0.05) is 0 Å². The third-order valence-corrected chi connectivity index (χ3v) is 3.22. The molecule has 0 atom stereocenters. The highest BCUT2D eigenvalue weighted by molar-refractivity contribution is 5.67. The number of hydrogen-bond acceptors (Lipinski definition) is 6. The van der Waals surface area contributed by atoms with Crippen LogP contribution in [-0.2, 0) is 11.3 Å². The maximum absolute atomic E-state index is 11.9. The Balaban J connectivity index is 1.91. The standard InChI is InChI=1S/C15H25N5O2/c1-15(2,3)22-14(21)19(4)11-12-9-17-13(18-10-12)20-7-5-16-6-8-20/h9-10,16H,5-8,11H2,1-4H3. The van der Waals surface area contributed by atoms with Gasteiger partial charge in [0.15, 0.2) is 0 Å². The summed E-state index contributed by atoms with van der Waals surface area (Å²) in [7, 11) is 1.71. The summed E-state index contributed by atoms with van der Waals surface area (Å²) in [5.41, 5.74) is 0.390. The van der Waals surface area contributed by atoms with E-state index in [0.29, 0.717) is 6.54 Å². The van der Waals surface area contributed by atoms with E-state index in [9.17, 15) is 4.79 Å². The molecule has 0 spiro atoms. The van der Waals surface area contributed by atoms with E-state index in [0.717, 1.165) is 37.7 Å². The molecule has 1 aromatic rings. The van der Waals surface area contributed by atoms with Crippen LogP contribution in [0.1, 0.15) is 26.3 Å². The topological polar surface area (TPSA) is 70.6 Å². The van der Waals surface area contributed by atoms with Gasteiger partial charge in [-0.3, -0.25) is 0 Å². The van der Waals surface area contributed by atoms with E-state index >= 15 is 0 Å². The average molecular weight is 307 g/mol. The Morgan fingerprint density at radius 3 is 2.45 bits per heavy atom. The van der Waals surface area contributed by atoms with E-state index in [1.54, 1.807) is 19.4 Å². The molecule has 0 unspecified atom stereocenters. The zero-order chi connectivity index (χ0) is 16.2. The van der Waals surface area contributed by atoms with Gasteiger partial charge >= 0.3 is 6.09 Å². The number of nitrogens with zero attached hydrogens (tertiary/aromatic N) is 4. The van der Waals surface area contributed by atoms with Gasteiger partial charge in [-0.2, -0.15) is 0 Å². The number of ether oxygens (including phenoxy) is 1. The molecule has 1 aliphatic rings. The van der Waals surface area contributed by atoms with Crippen molar-refractivity contribution in [3.63, 3.8) is 0 Å². The molecule has 7 nitrogen and oxygen atoms in total. The third-order valence-electron chi connectivity index (χ3n) is 3.22. The summed E-state index contributed by atoms with van der Waals surface area (Å²) in [5.74, 6) is 0.741. The van der Waals surface area contributed by atoms with Crippen LogP contribution < -0.4 is 10.2 Å².